The number of phenolic OH excluding ortho intramolecular Hbond substituents is 1. The van der Waals surface area contributed by atoms with E-state index in [2.05, 4.69) is 14.8 Å². The van der Waals surface area contributed by atoms with Gasteiger partial charge in [-0.25, -0.2) is 18.2 Å². The maximum atomic E-state index is 17.0. The van der Waals surface area contributed by atoms with E-state index in [0.29, 0.717) is 53.5 Å². The van der Waals surface area contributed by atoms with Gasteiger partial charge < -0.3 is 19.5 Å². The topological polar surface area (TPSA) is 83.8 Å². The number of ether oxygens (including phenoxy) is 2. The maximum Gasteiger partial charge on any atom is 0.319 e. The van der Waals surface area contributed by atoms with Crippen LogP contribution in [-0.4, -0.2) is 75.6 Å². The Kier molecular flexibility index (Phi) is 6.57. The minimum Gasteiger partial charge on any atom is -0.508 e. The van der Waals surface area contributed by atoms with Crippen molar-refractivity contribution in [2.24, 2.45) is 0 Å². The van der Waals surface area contributed by atoms with Crippen molar-refractivity contribution in [3.63, 3.8) is 0 Å². The third-order valence-corrected chi connectivity index (χ3v) is 10.7. The van der Waals surface area contributed by atoms with E-state index in [4.69, 9.17) is 19.4 Å². The number of halogens is 3. The number of aromatic nitrogens is 3. The molecule has 1 spiro atoms. The Hall–Kier alpha value is -3.86. The molecule has 5 heterocycles. The van der Waals surface area contributed by atoms with Crippen molar-refractivity contribution < 1.29 is 27.8 Å². The van der Waals surface area contributed by atoms with Gasteiger partial charge >= 0.3 is 6.01 Å². The quantitative estimate of drug-likeness (QED) is 0.272. The fraction of sp³-hybridized carbons (Fsp3) is 0.500. The van der Waals surface area contributed by atoms with E-state index in [-0.39, 0.29) is 46.6 Å². The number of hydrogen-bond donors (Lipinski definition) is 1. The van der Waals surface area contributed by atoms with Crippen LogP contribution in [0.1, 0.15) is 57.4 Å². The summed E-state index contributed by atoms with van der Waals surface area (Å²) in [5.41, 5.74) is -0.274. The van der Waals surface area contributed by atoms with Crippen molar-refractivity contribution in [2.45, 2.75) is 75.5 Å². The molecule has 3 fully saturated rings. The lowest BCUT2D eigenvalue weighted by molar-refractivity contribution is 0.107. The highest BCUT2D eigenvalue weighted by Crippen LogP contribution is 2.47. The van der Waals surface area contributed by atoms with Crippen LogP contribution < -0.4 is 14.4 Å². The van der Waals surface area contributed by atoms with E-state index in [9.17, 15) is 9.50 Å². The minimum absolute atomic E-state index is 0.00555. The van der Waals surface area contributed by atoms with Crippen molar-refractivity contribution >= 4 is 27.5 Å². The Bertz CT molecular complexity index is 1850. The third-order valence-electron chi connectivity index (χ3n) is 10.7. The first kappa shape index (κ1) is 28.6. The van der Waals surface area contributed by atoms with Crippen molar-refractivity contribution in [3.05, 3.63) is 41.5 Å². The van der Waals surface area contributed by atoms with Gasteiger partial charge in [0.1, 0.15) is 53.4 Å². The SMILES string of the molecule is CCc1c(F)ccc2cc(O)cc(-c3nc4c5c(nc(OC[C@@]67CCCN6C[C@H](F)C7)nc5c3F)N(C)C3(CCCC3)CO4)c12. The first-order valence-electron chi connectivity index (χ1n) is 16.0. The van der Waals surface area contributed by atoms with Crippen LogP contribution in [-0.2, 0) is 6.42 Å². The number of nitrogens with zero attached hydrogens (tertiary/aromatic N) is 5. The van der Waals surface area contributed by atoms with Gasteiger partial charge in [-0.3, -0.25) is 4.90 Å². The molecule has 0 unspecified atom stereocenters. The molecule has 0 amide bonds. The molecule has 11 heteroatoms. The molecular weight excluding hydrogens is 583 g/mol. The summed E-state index contributed by atoms with van der Waals surface area (Å²) in [6.45, 7) is 3.57. The van der Waals surface area contributed by atoms with Crippen LogP contribution in [0.25, 0.3) is 32.9 Å². The van der Waals surface area contributed by atoms with Crippen LogP contribution in [0.3, 0.4) is 0 Å². The van der Waals surface area contributed by atoms with Crippen LogP contribution in [0.15, 0.2) is 24.3 Å². The number of rotatable bonds is 5. The summed E-state index contributed by atoms with van der Waals surface area (Å²) in [7, 11) is 1.95. The van der Waals surface area contributed by atoms with Gasteiger partial charge in [0.25, 0.3) is 0 Å². The molecule has 1 saturated carbocycles. The summed E-state index contributed by atoms with van der Waals surface area (Å²) < 4.78 is 59.2. The number of alkyl halides is 1. The zero-order valence-corrected chi connectivity index (χ0v) is 25.5. The number of phenols is 1. The molecule has 0 bridgehead atoms. The number of pyridine rings is 1. The zero-order chi connectivity index (χ0) is 31.1. The molecule has 4 aromatic rings. The van der Waals surface area contributed by atoms with Crippen molar-refractivity contribution in [1.82, 2.24) is 19.9 Å². The zero-order valence-electron chi connectivity index (χ0n) is 25.5. The summed E-state index contributed by atoms with van der Waals surface area (Å²) in [4.78, 5) is 18.4. The Balaban J connectivity index is 1.33. The number of fused-ring (bicyclic) bond motifs is 2. The Morgan fingerprint density at radius 2 is 1.89 bits per heavy atom. The monoisotopic (exact) mass is 619 g/mol. The van der Waals surface area contributed by atoms with E-state index >= 15 is 8.78 Å². The highest BCUT2D eigenvalue weighted by atomic mass is 19.1. The molecule has 8 rings (SSSR count). The summed E-state index contributed by atoms with van der Waals surface area (Å²) in [6, 6.07) is 5.87. The smallest absolute Gasteiger partial charge is 0.319 e. The average molecular weight is 620 g/mol. The number of aromatic hydroxyl groups is 1. The van der Waals surface area contributed by atoms with E-state index in [1.165, 1.54) is 18.2 Å². The molecule has 236 valence electrons. The Morgan fingerprint density at radius 3 is 2.69 bits per heavy atom. The molecule has 2 saturated heterocycles. The standard InChI is InChI=1S/C34H36F3N5O3/c1-3-22-24(36)8-7-19-13-21(43)14-23(25(19)22)28-27(37)29-26-30(41(2)33(9-4-5-10-33)17-44-31(26)38-28)40-32(39-29)45-18-34-11-6-12-42(34)16-20(35)15-34/h7-8,13-14,20,43H,3-6,9-12,15-18H2,1-2H3/t20-,34+/m1/s1. The third kappa shape index (κ3) is 4.33. The molecule has 8 nitrogen and oxygen atoms in total. The highest BCUT2D eigenvalue weighted by Gasteiger charge is 2.50. The molecular formula is C34H36F3N5O3. The van der Waals surface area contributed by atoms with Gasteiger partial charge in [-0.05, 0) is 73.2 Å². The number of anilines is 1. The van der Waals surface area contributed by atoms with Gasteiger partial charge in [-0.1, -0.05) is 25.8 Å². The summed E-state index contributed by atoms with van der Waals surface area (Å²) >= 11 is 0. The van der Waals surface area contributed by atoms with Crippen LogP contribution in [0, 0.1) is 11.6 Å². The van der Waals surface area contributed by atoms with Crippen LogP contribution in [0.2, 0.25) is 0 Å². The van der Waals surface area contributed by atoms with Crippen LogP contribution >= 0.6 is 0 Å². The lowest BCUT2D eigenvalue weighted by atomic mass is 9.94. The number of benzene rings is 2. The molecule has 2 atom stereocenters. The summed E-state index contributed by atoms with van der Waals surface area (Å²) in [5, 5.41) is 12.0. The lowest BCUT2D eigenvalue weighted by Gasteiger charge is -2.37. The Morgan fingerprint density at radius 1 is 1.07 bits per heavy atom. The van der Waals surface area contributed by atoms with Crippen molar-refractivity contribution in [1.29, 1.82) is 0 Å². The summed E-state index contributed by atoms with van der Waals surface area (Å²) in [6.07, 6.45) is 5.42. The largest absolute Gasteiger partial charge is 0.508 e. The normalized spacial score (nSPS) is 24.0. The fourth-order valence-corrected chi connectivity index (χ4v) is 8.41. The number of hydrogen-bond acceptors (Lipinski definition) is 8. The second kappa shape index (κ2) is 10.3. The van der Waals surface area contributed by atoms with Gasteiger partial charge in [-0.2, -0.15) is 9.97 Å². The fourth-order valence-electron chi connectivity index (χ4n) is 8.41. The highest BCUT2D eigenvalue weighted by molar-refractivity contribution is 6.03. The second-order valence-corrected chi connectivity index (χ2v) is 13.2. The van der Waals surface area contributed by atoms with Gasteiger partial charge in [-0.15, -0.1) is 0 Å². The van der Waals surface area contributed by atoms with E-state index < -0.39 is 23.3 Å². The first-order valence-corrected chi connectivity index (χ1v) is 16.0. The molecule has 45 heavy (non-hydrogen) atoms. The van der Waals surface area contributed by atoms with E-state index in [0.717, 1.165) is 45.1 Å². The molecule has 1 aliphatic carbocycles. The van der Waals surface area contributed by atoms with Gasteiger partial charge in [0.05, 0.1) is 11.1 Å². The van der Waals surface area contributed by atoms with Gasteiger partial charge in [0.15, 0.2) is 5.82 Å². The maximum absolute atomic E-state index is 17.0. The van der Waals surface area contributed by atoms with E-state index in [1.54, 1.807) is 6.07 Å². The molecule has 4 aliphatic rings. The predicted molar refractivity (Wildman–Crippen MR) is 165 cm³/mol. The number of aryl methyl sites for hydroxylation is 1. The molecule has 2 aromatic heterocycles. The van der Waals surface area contributed by atoms with Crippen molar-refractivity contribution in [2.75, 3.05) is 38.3 Å². The average Bonchev–Trinajstić information content (AvgIpc) is 3.72. The molecule has 1 N–H and O–H groups in total. The van der Waals surface area contributed by atoms with Gasteiger partial charge in [0.2, 0.25) is 5.88 Å². The van der Waals surface area contributed by atoms with Crippen molar-refractivity contribution in [3.8, 4) is 28.9 Å². The first-order chi connectivity index (χ1) is 21.7. The lowest BCUT2D eigenvalue weighted by Crippen LogP contribution is -2.48. The van der Waals surface area contributed by atoms with Gasteiger partial charge in [0, 0.05) is 25.6 Å². The minimum atomic E-state index is -0.912. The molecule has 3 aliphatic heterocycles. The summed E-state index contributed by atoms with van der Waals surface area (Å²) in [5.74, 6) is -0.606. The van der Waals surface area contributed by atoms with E-state index in [1.807, 2.05) is 14.0 Å². The molecule has 2 aromatic carbocycles. The van der Waals surface area contributed by atoms with Crippen LogP contribution in [0.5, 0.6) is 17.6 Å². The second-order valence-electron chi connectivity index (χ2n) is 13.2. The Labute approximate surface area is 259 Å². The van der Waals surface area contributed by atoms with Crippen LogP contribution in [0.4, 0.5) is 19.0 Å². The molecule has 0 radical (unpaired) electrons. The number of likely N-dealkylation sites (N-methyl/N-ethyl adjacent to an activating group) is 1. The predicted octanol–water partition coefficient (Wildman–Crippen LogP) is 6.49.